The van der Waals surface area contributed by atoms with Gasteiger partial charge in [-0.2, -0.15) is 0 Å². The maximum absolute atomic E-state index is 13.7. The Kier molecular flexibility index (Phi) is 7.94. The van der Waals surface area contributed by atoms with Gasteiger partial charge in [-0.1, -0.05) is 66.7 Å². The van der Waals surface area contributed by atoms with E-state index in [1.165, 1.54) is 16.4 Å². The normalized spacial score (nSPS) is 12.0. The van der Waals surface area contributed by atoms with E-state index in [0.717, 1.165) is 22.3 Å². The summed E-state index contributed by atoms with van der Waals surface area (Å²) >= 11 is 0. The first-order chi connectivity index (χ1) is 17.8. The van der Waals surface area contributed by atoms with Crippen molar-refractivity contribution in [2.75, 3.05) is 18.0 Å². The maximum atomic E-state index is 13.7. The number of benzene rings is 4. The van der Waals surface area contributed by atoms with Crippen molar-refractivity contribution in [1.82, 2.24) is 5.32 Å². The number of carbonyl (C=O) groups excluding carboxylic acids is 1. The van der Waals surface area contributed by atoms with Gasteiger partial charge >= 0.3 is 0 Å². The fourth-order valence-corrected chi connectivity index (χ4v) is 5.49. The SMILES string of the molecule is COc1ccc(C(NC(=O)CN(c2ccc(C)c(C)c2)S(=O)(=O)c2ccccc2)c2ccccc2)cc1. The van der Waals surface area contributed by atoms with Crippen LogP contribution >= 0.6 is 0 Å². The fraction of sp³-hybridized carbons (Fsp3) is 0.167. The van der Waals surface area contributed by atoms with Crippen LogP contribution in [0, 0.1) is 13.8 Å². The molecule has 0 aliphatic rings. The predicted octanol–water partition coefficient (Wildman–Crippen LogP) is 5.41. The number of methoxy groups -OCH3 is 1. The highest BCUT2D eigenvalue weighted by molar-refractivity contribution is 7.92. The molecule has 190 valence electrons. The van der Waals surface area contributed by atoms with E-state index in [2.05, 4.69) is 5.32 Å². The van der Waals surface area contributed by atoms with Crippen molar-refractivity contribution in [2.45, 2.75) is 24.8 Å². The average Bonchev–Trinajstić information content (AvgIpc) is 2.93. The first-order valence-corrected chi connectivity index (χ1v) is 13.4. The molecule has 0 heterocycles. The summed E-state index contributed by atoms with van der Waals surface area (Å²) in [4.78, 5) is 13.6. The lowest BCUT2D eigenvalue weighted by Crippen LogP contribution is -2.42. The molecule has 4 aromatic rings. The van der Waals surface area contributed by atoms with Crippen LogP contribution in [0.4, 0.5) is 5.69 Å². The van der Waals surface area contributed by atoms with Gasteiger partial charge in [-0.25, -0.2) is 8.42 Å². The maximum Gasteiger partial charge on any atom is 0.264 e. The Balaban J connectivity index is 1.69. The lowest BCUT2D eigenvalue weighted by atomic mass is 9.98. The van der Waals surface area contributed by atoms with Gasteiger partial charge in [0.25, 0.3) is 10.0 Å². The van der Waals surface area contributed by atoms with Crippen LogP contribution in [0.1, 0.15) is 28.3 Å². The third-order valence-corrected chi connectivity index (χ3v) is 8.07. The van der Waals surface area contributed by atoms with Gasteiger partial charge in [0, 0.05) is 0 Å². The molecule has 0 spiro atoms. The third kappa shape index (κ3) is 6.01. The summed E-state index contributed by atoms with van der Waals surface area (Å²) in [5.41, 5.74) is 4.14. The summed E-state index contributed by atoms with van der Waals surface area (Å²) in [5.74, 6) is 0.277. The van der Waals surface area contributed by atoms with Crippen LogP contribution in [-0.2, 0) is 14.8 Å². The quantitative estimate of drug-likeness (QED) is 0.324. The van der Waals surface area contributed by atoms with Gasteiger partial charge < -0.3 is 10.1 Å². The van der Waals surface area contributed by atoms with Crippen LogP contribution in [0.2, 0.25) is 0 Å². The Bertz CT molecular complexity index is 1450. The highest BCUT2D eigenvalue weighted by Gasteiger charge is 2.28. The molecule has 37 heavy (non-hydrogen) atoms. The van der Waals surface area contributed by atoms with E-state index >= 15 is 0 Å². The van der Waals surface area contributed by atoms with E-state index in [1.807, 2.05) is 74.5 Å². The van der Waals surface area contributed by atoms with Crippen molar-refractivity contribution < 1.29 is 17.9 Å². The molecule has 0 aromatic heterocycles. The zero-order chi connectivity index (χ0) is 26.4. The molecule has 0 saturated carbocycles. The number of amides is 1. The number of nitrogens with one attached hydrogen (secondary N) is 1. The molecule has 0 aliphatic heterocycles. The van der Waals surface area contributed by atoms with Gasteiger partial charge in [0.15, 0.2) is 0 Å². The zero-order valence-electron chi connectivity index (χ0n) is 21.1. The molecule has 4 aromatic carbocycles. The molecular formula is C30H30N2O4S. The Morgan fingerprint density at radius 3 is 2.00 bits per heavy atom. The molecule has 1 N–H and O–H groups in total. The van der Waals surface area contributed by atoms with Crippen LogP contribution in [0.15, 0.2) is 108 Å². The van der Waals surface area contributed by atoms with Crippen LogP contribution in [0.5, 0.6) is 5.75 Å². The van der Waals surface area contributed by atoms with E-state index in [9.17, 15) is 13.2 Å². The Morgan fingerprint density at radius 1 is 0.811 bits per heavy atom. The largest absolute Gasteiger partial charge is 0.497 e. The number of rotatable bonds is 9. The minimum atomic E-state index is -4.00. The van der Waals surface area contributed by atoms with E-state index in [4.69, 9.17) is 4.74 Å². The minimum absolute atomic E-state index is 0.121. The Morgan fingerprint density at radius 2 is 1.41 bits per heavy atom. The highest BCUT2D eigenvalue weighted by atomic mass is 32.2. The molecule has 0 saturated heterocycles. The summed E-state index contributed by atoms with van der Waals surface area (Å²) in [5, 5.41) is 3.05. The molecule has 7 heteroatoms. The van der Waals surface area contributed by atoms with Gasteiger partial charge in [-0.3, -0.25) is 9.10 Å². The second-order valence-electron chi connectivity index (χ2n) is 8.78. The molecule has 1 unspecified atom stereocenters. The second kappa shape index (κ2) is 11.3. The number of hydrogen-bond acceptors (Lipinski definition) is 4. The van der Waals surface area contributed by atoms with E-state index in [-0.39, 0.29) is 11.4 Å². The number of ether oxygens (including phenoxy) is 1. The Hall–Kier alpha value is -4.10. The number of anilines is 1. The number of aryl methyl sites for hydroxylation is 2. The summed E-state index contributed by atoms with van der Waals surface area (Å²) in [7, 11) is -2.40. The third-order valence-electron chi connectivity index (χ3n) is 6.28. The van der Waals surface area contributed by atoms with E-state index in [1.54, 1.807) is 37.4 Å². The van der Waals surface area contributed by atoms with Crippen LogP contribution < -0.4 is 14.4 Å². The predicted molar refractivity (Wildman–Crippen MR) is 146 cm³/mol. The summed E-state index contributed by atoms with van der Waals surface area (Å²) < 4.78 is 33.8. The van der Waals surface area contributed by atoms with Gasteiger partial charge in [0.1, 0.15) is 12.3 Å². The molecule has 0 fully saturated rings. The lowest BCUT2D eigenvalue weighted by molar-refractivity contribution is -0.120. The van der Waals surface area contributed by atoms with Crippen LogP contribution in [-0.4, -0.2) is 28.0 Å². The zero-order valence-corrected chi connectivity index (χ0v) is 21.9. The monoisotopic (exact) mass is 514 g/mol. The summed E-state index contributed by atoms with van der Waals surface area (Å²) in [6.45, 7) is 3.50. The second-order valence-corrected chi connectivity index (χ2v) is 10.6. The summed E-state index contributed by atoms with van der Waals surface area (Å²) in [6, 6.07) is 30.1. The minimum Gasteiger partial charge on any atom is -0.497 e. The number of nitrogens with zero attached hydrogens (tertiary/aromatic N) is 1. The topological polar surface area (TPSA) is 75.7 Å². The van der Waals surface area contributed by atoms with Crippen molar-refractivity contribution in [1.29, 1.82) is 0 Å². The molecule has 6 nitrogen and oxygen atoms in total. The molecule has 0 radical (unpaired) electrons. The number of sulfonamides is 1. The first-order valence-electron chi connectivity index (χ1n) is 11.9. The lowest BCUT2D eigenvalue weighted by Gasteiger charge is -2.26. The molecule has 4 rings (SSSR count). The first kappa shape index (κ1) is 26.0. The molecule has 1 amide bonds. The van der Waals surface area contributed by atoms with Crippen molar-refractivity contribution in [3.05, 3.63) is 125 Å². The van der Waals surface area contributed by atoms with Crippen molar-refractivity contribution in [3.8, 4) is 5.75 Å². The number of hydrogen-bond donors (Lipinski definition) is 1. The Labute approximate surface area is 218 Å². The van der Waals surface area contributed by atoms with Gasteiger partial charge in [0.2, 0.25) is 5.91 Å². The van der Waals surface area contributed by atoms with E-state index in [0.29, 0.717) is 11.4 Å². The van der Waals surface area contributed by atoms with Crippen molar-refractivity contribution in [3.63, 3.8) is 0 Å². The van der Waals surface area contributed by atoms with Gasteiger partial charge in [-0.15, -0.1) is 0 Å². The average molecular weight is 515 g/mol. The van der Waals surface area contributed by atoms with Crippen LogP contribution in [0.3, 0.4) is 0 Å². The van der Waals surface area contributed by atoms with E-state index < -0.39 is 22.0 Å². The van der Waals surface area contributed by atoms with Gasteiger partial charge in [0.05, 0.1) is 23.7 Å². The molecule has 0 aliphatic carbocycles. The molecule has 1 atom stereocenters. The highest BCUT2D eigenvalue weighted by Crippen LogP contribution is 2.27. The smallest absolute Gasteiger partial charge is 0.264 e. The summed E-state index contributed by atoms with van der Waals surface area (Å²) in [6.07, 6.45) is 0. The van der Waals surface area contributed by atoms with Crippen LogP contribution in [0.25, 0.3) is 0 Å². The number of carbonyl (C=O) groups is 1. The molecular weight excluding hydrogens is 484 g/mol. The van der Waals surface area contributed by atoms with Crippen molar-refractivity contribution in [2.24, 2.45) is 0 Å². The van der Waals surface area contributed by atoms with Gasteiger partial charge in [-0.05, 0) is 72.5 Å². The van der Waals surface area contributed by atoms with Crippen molar-refractivity contribution >= 4 is 21.6 Å². The molecule has 0 bridgehead atoms. The fourth-order valence-electron chi connectivity index (χ4n) is 4.05. The standard InChI is InChI=1S/C30H30N2O4S/c1-22-14-17-26(20-23(22)2)32(37(34,35)28-12-8-5-9-13-28)21-29(33)31-30(24-10-6-4-7-11-24)25-15-18-27(36-3)19-16-25/h4-20,30H,21H2,1-3H3,(H,31,33).